The van der Waals surface area contributed by atoms with Crippen molar-refractivity contribution in [2.45, 2.75) is 25.3 Å². The fraction of sp³-hybridized carbons (Fsp3) is 0.467. The van der Waals surface area contributed by atoms with Gasteiger partial charge in [0.2, 0.25) is 5.91 Å². The van der Waals surface area contributed by atoms with Crippen LogP contribution in [0.2, 0.25) is 0 Å². The van der Waals surface area contributed by atoms with Gasteiger partial charge in [-0.25, -0.2) is 0 Å². The molecule has 1 aromatic rings. The SMILES string of the molecule is O=C(O)C1Cc2ccccc2N(C(=O)C2CCCN2)C1. The molecule has 106 valence electrons. The van der Waals surface area contributed by atoms with Crippen LogP contribution in [0.1, 0.15) is 18.4 Å². The minimum Gasteiger partial charge on any atom is -0.481 e. The van der Waals surface area contributed by atoms with Crippen molar-refractivity contribution in [1.29, 1.82) is 0 Å². The van der Waals surface area contributed by atoms with Gasteiger partial charge in [-0.3, -0.25) is 9.59 Å². The first kappa shape index (κ1) is 13.1. The number of amides is 1. The molecular formula is C15H18N2O3. The number of nitrogens with one attached hydrogen (secondary N) is 1. The molecule has 2 heterocycles. The van der Waals surface area contributed by atoms with Crippen molar-refractivity contribution in [3.8, 4) is 0 Å². The number of carbonyl (C=O) groups excluding carboxylic acids is 1. The van der Waals surface area contributed by atoms with Crippen molar-refractivity contribution in [3.63, 3.8) is 0 Å². The summed E-state index contributed by atoms with van der Waals surface area (Å²) in [6.07, 6.45) is 2.32. The molecular weight excluding hydrogens is 256 g/mol. The molecule has 2 aliphatic rings. The molecule has 0 saturated carbocycles. The molecule has 1 fully saturated rings. The van der Waals surface area contributed by atoms with Gasteiger partial charge < -0.3 is 15.3 Å². The Kier molecular flexibility index (Phi) is 3.44. The second-order valence-corrected chi connectivity index (χ2v) is 5.47. The van der Waals surface area contributed by atoms with E-state index in [2.05, 4.69) is 5.32 Å². The zero-order chi connectivity index (χ0) is 14.1. The summed E-state index contributed by atoms with van der Waals surface area (Å²) in [5.41, 5.74) is 1.81. The Bertz CT molecular complexity index is 538. The lowest BCUT2D eigenvalue weighted by molar-refractivity contribution is -0.141. The average molecular weight is 274 g/mol. The molecule has 2 N–H and O–H groups in total. The molecule has 0 aromatic heterocycles. The maximum Gasteiger partial charge on any atom is 0.308 e. The minimum atomic E-state index is -0.836. The van der Waals surface area contributed by atoms with E-state index in [1.54, 1.807) is 4.90 Å². The van der Waals surface area contributed by atoms with Crippen LogP contribution in [0.15, 0.2) is 24.3 Å². The molecule has 0 radical (unpaired) electrons. The Hall–Kier alpha value is -1.88. The quantitative estimate of drug-likeness (QED) is 0.845. The number of anilines is 1. The number of hydrogen-bond acceptors (Lipinski definition) is 3. The monoisotopic (exact) mass is 274 g/mol. The molecule has 2 atom stereocenters. The Morgan fingerprint density at radius 2 is 2.10 bits per heavy atom. The number of carboxylic acids is 1. The number of benzene rings is 1. The lowest BCUT2D eigenvalue weighted by atomic mass is 9.92. The van der Waals surface area contributed by atoms with E-state index >= 15 is 0 Å². The Morgan fingerprint density at radius 1 is 1.30 bits per heavy atom. The van der Waals surface area contributed by atoms with E-state index in [1.807, 2.05) is 24.3 Å². The molecule has 5 heteroatoms. The van der Waals surface area contributed by atoms with Crippen LogP contribution >= 0.6 is 0 Å². The normalized spacial score (nSPS) is 25.3. The maximum atomic E-state index is 12.6. The predicted molar refractivity (Wildman–Crippen MR) is 74.6 cm³/mol. The molecule has 2 unspecified atom stereocenters. The number of para-hydroxylation sites is 1. The maximum absolute atomic E-state index is 12.6. The van der Waals surface area contributed by atoms with Gasteiger partial charge in [0.25, 0.3) is 0 Å². The van der Waals surface area contributed by atoms with Crippen LogP contribution < -0.4 is 10.2 Å². The van der Waals surface area contributed by atoms with E-state index in [0.29, 0.717) is 6.42 Å². The van der Waals surface area contributed by atoms with E-state index in [1.165, 1.54) is 0 Å². The van der Waals surface area contributed by atoms with E-state index < -0.39 is 11.9 Å². The van der Waals surface area contributed by atoms with Gasteiger partial charge in [0.05, 0.1) is 12.0 Å². The second kappa shape index (κ2) is 5.25. The number of fused-ring (bicyclic) bond motifs is 1. The minimum absolute atomic E-state index is 0.000833. The molecule has 1 aromatic carbocycles. The summed E-state index contributed by atoms with van der Waals surface area (Å²) in [6.45, 7) is 1.12. The molecule has 20 heavy (non-hydrogen) atoms. The van der Waals surface area contributed by atoms with Crippen LogP contribution in [-0.4, -0.2) is 36.1 Å². The second-order valence-electron chi connectivity index (χ2n) is 5.47. The lowest BCUT2D eigenvalue weighted by Gasteiger charge is -2.34. The fourth-order valence-corrected chi connectivity index (χ4v) is 3.05. The summed E-state index contributed by atoms with van der Waals surface area (Å²) in [4.78, 5) is 25.6. The summed E-state index contributed by atoms with van der Waals surface area (Å²) >= 11 is 0. The third-order valence-corrected chi connectivity index (χ3v) is 4.13. The van der Waals surface area contributed by atoms with Crippen LogP contribution in [0.5, 0.6) is 0 Å². The van der Waals surface area contributed by atoms with Crippen LogP contribution in [0.4, 0.5) is 5.69 Å². The zero-order valence-electron chi connectivity index (χ0n) is 11.2. The van der Waals surface area contributed by atoms with Gasteiger partial charge in [0.15, 0.2) is 0 Å². The average Bonchev–Trinajstić information content (AvgIpc) is 2.99. The van der Waals surface area contributed by atoms with Crippen LogP contribution in [0, 0.1) is 5.92 Å². The zero-order valence-corrected chi connectivity index (χ0v) is 11.2. The summed E-state index contributed by atoms with van der Waals surface area (Å²) in [5, 5.41) is 12.5. The van der Waals surface area contributed by atoms with Crippen molar-refractivity contribution >= 4 is 17.6 Å². The van der Waals surface area contributed by atoms with Crippen molar-refractivity contribution in [1.82, 2.24) is 5.32 Å². The topological polar surface area (TPSA) is 69.6 Å². The highest BCUT2D eigenvalue weighted by molar-refractivity contribution is 5.99. The van der Waals surface area contributed by atoms with Crippen LogP contribution in [0.25, 0.3) is 0 Å². The molecule has 2 aliphatic heterocycles. The summed E-state index contributed by atoms with van der Waals surface area (Å²) < 4.78 is 0. The van der Waals surface area contributed by atoms with Crippen molar-refractivity contribution in [2.75, 3.05) is 18.0 Å². The molecule has 3 rings (SSSR count). The molecule has 0 spiro atoms. The number of nitrogens with zero attached hydrogens (tertiary/aromatic N) is 1. The molecule has 1 saturated heterocycles. The van der Waals surface area contributed by atoms with Gasteiger partial charge in [-0.15, -0.1) is 0 Å². The predicted octanol–water partition coefficient (Wildman–Crippen LogP) is 1.03. The Morgan fingerprint density at radius 3 is 2.80 bits per heavy atom. The third kappa shape index (κ3) is 2.29. The molecule has 0 aliphatic carbocycles. The summed E-state index contributed by atoms with van der Waals surface area (Å²) in [7, 11) is 0. The number of aliphatic carboxylic acids is 1. The summed E-state index contributed by atoms with van der Waals surface area (Å²) in [5.74, 6) is -1.35. The summed E-state index contributed by atoms with van der Waals surface area (Å²) in [6, 6.07) is 7.42. The van der Waals surface area contributed by atoms with Gasteiger partial charge in [-0.2, -0.15) is 0 Å². The van der Waals surface area contributed by atoms with Gasteiger partial charge in [0.1, 0.15) is 0 Å². The van der Waals surface area contributed by atoms with Crippen molar-refractivity contribution in [2.24, 2.45) is 5.92 Å². The van der Waals surface area contributed by atoms with E-state index in [4.69, 9.17) is 0 Å². The van der Waals surface area contributed by atoms with Crippen molar-refractivity contribution in [3.05, 3.63) is 29.8 Å². The van der Waals surface area contributed by atoms with Gasteiger partial charge in [0, 0.05) is 12.2 Å². The van der Waals surface area contributed by atoms with E-state index in [0.717, 1.165) is 30.6 Å². The van der Waals surface area contributed by atoms with E-state index in [-0.39, 0.29) is 18.5 Å². The van der Waals surface area contributed by atoms with Crippen LogP contribution in [-0.2, 0) is 16.0 Å². The Balaban J connectivity index is 1.91. The number of carboxylic acid groups (broad SMARTS) is 1. The molecule has 0 bridgehead atoms. The van der Waals surface area contributed by atoms with Gasteiger partial charge in [-0.1, -0.05) is 18.2 Å². The molecule has 5 nitrogen and oxygen atoms in total. The molecule has 1 amide bonds. The highest BCUT2D eigenvalue weighted by Gasteiger charge is 2.35. The first-order valence-corrected chi connectivity index (χ1v) is 7.02. The standard InChI is InChI=1S/C15H18N2O3/c18-14(12-5-3-7-16-12)17-9-11(15(19)20)8-10-4-1-2-6-13(10)17/h1-2,4,6,11-12,16H,3,5,7-9H2,(H,19,20). The first-order valence-electron chi connectivity index (χ1n) is 7.02. The third-order valence-electron chi connectivity index (χ3n) is 4.13. The van der Waals surface area contributed by atoms with Gasteiger partial charge >= 0.3 is 5.97 Å². The highest BCUT2D eigenvalue weighted by Crippen LogP contribution is 2.30. The van der Waals surface area contributed by atoms with E-state index in [9.17, 15) is 14.7 Å². The highest BCUT2D eigenvalue weighted by atomic mass is 16.4. The Labute approximate surface area is 117 Å². The number of rotatable bonds is 2. The largest absolute Gasteiger partial charge is 0.481 e. The number of carbonyl (C=O) groups is 2. The lowest BCUT2D eigenvalue weighted by Crippen LogP contribution is -2.49. The number of hydrogen-bond donors (Lipinski definition) is 2. The van der Waals surface area contributed by atoms with Crippen LogP contribution in [0.3, 0.4) is 0 Å². The smallest absolute Gasteiger partial charge is 0.308 e. The van der Waals surface area contributed by atoms with Gasteiger partial charge in [-0.05, 0) is 37.4 Å². The fourth-order valence-electron chi connectivity index (χ4n) is 3.05. The van der Waals surface area contributed by atoms with Crippen molar-refractivity contribution < 1.29 is 14.7 Å². The first-order chi connectivity index (χ1) is 9.66.